The van der Waals surface area contributed by atoms with E-state index in [0.29, 0.717) is 9.13 Å². The quantitative estimate of drug-likeness (QED) is 0.588. The van der Waals surface area contributed by atoms with Crippen LogP contribution in [0.5, 0.6) is 0 Å². The predicted octanol–water partition coefficient (Wildman–Crippen LogP) is 0.476. The van der Waals surface area contributed by atoms with Gasteiger partial charge in [-0.3, -0.25) is 28.3 Å². The van der Waals surface area contributed by atoms with Gasteiger partial charge >= 0.3 is 11.9 Å². The maximum atomic E-state index is 12.8. The first-order chi connectivity index (χ1) is 13.9. The summed E-state index contributed by atoms with van der Waals surface area (Å²) < 4.78 is 1.24. The molecule has 0 fully saturated rings. The number of aromatic nitrogens is 2. The highest BCUT2D eigenvalue weighted by Crippen LogP contribution is 2.21. The SMILES string of the molecule is CC(C)C(C(=O)O)n1c(=O)c2cc3c(=O)n(C(C(=O)O)C(C)C)c(=O)c3cc2c1=O. The molecule has 0 radical (unpaired) electrons. The van der Waals surface area contributed by atoms with Crippen molar-refractivity contribution < 1.29 is 19.8 Å². The number of nitrogens with zero attached hydrogens (tertiary/aromatic N) is 2. The van der Waals surface area contributed by atoms with Crippen molar-refractivity contribution in [2.45, 2.75) is 39.8 Å². The first-order valence-corrected chi connectivity index (χ1v) is 9.29. The Kier molecular flexibility index (Phi) is 4.97. The molecule has 3 rings (SSSR count). The molecule has 2 heterocycles. The van der Waals surface area contributed by atoms with Crippen LogP contribution in [0.3, 0.4) is 0 Å². The Balaban J connectivity index is 2.44. The highest BCUT2D eigenvalue weighted by atomic mass is 16.4. The maximum absolute atomic E-state index is 12.8. The minimum Gasteiger partial charge on any atom is -0.480 e. The summed E-state index contributed by atoms with van der Waals surface area (Å²) in [7, 11) is 0. The Labute approximate surface area is 168 Å². The van der Waals surface area contributed by atoms with Crippen molar-refractivity contribution in [1.29, 1.82) is 0 Å². The lowest BCUT2D eigenvalue weighted by Gasteiger charge is -2.16. The van der Waals surface area contributed by atoms with Crippen molar-refractivity contribution in [2.75, 3.05) is 0 Å². The van der Waals surface area contributed by atoms with Crippen molar-refractivity contribution in [2.24, 2.45) is 11.8 Å². The first kappa shape index (κ1) is 21.2. The Hall–Kier alpha value is -3.56. The fourth-order valence-electron chi connectivity index (χ4n) is 3.90. The lowest BCUT2D eigenvalue weighted by Crippen LogP contribution is -2.37. The summed E-state index contributed by atoms with van der Waals surface area (Å²) in [6.07, 6.45) is 0. The van der Waals surface area contributed by atoms with E-state index in [1.807, 2.05) is 0 Å². The zero-order chi connectivity index (χ0) is 22.7. The molecule has 0 saturated heterocycles. The summed E-state index contributed by atoms with van der Waals surface area (Å²) in [5.74, 6) is -3.85. The standard InChI is InChI=1S/C20H20N2O8/c1-7(2)13(19(27)28)21-15(23)9-5-11-12(6-10(9)16(21)24)18(26)22(17(11)25)14(8(3)4)20(29)30/h5-8,13-14H,1-4H3,(H,27,28)(H,29,30). The molecule has 2 unspecified atom stereocenters. The van der Waals surface area contributed by atoms with Crippen LogP contribution in [0.1, 0.15) is 39.8 Å². The number of benzene rings is 1. The van der Waals surface area contributed by atoms with Crippen LogP contribution in [0, 0.1) is 11.8 Å². The third kappa shape index (κ3) is 2.87. The van der Waals surface area contributed by atoms with Crippen LogP contribution in [-0.4, -0.2) is 31.3 Å². The lowest BCUT2D eigenvalue weighted by molar-refractivity contribution is -0.143. The molecule has 0 spiro atoms. The molecule has 2 aromatic heterocycles. The third-order valence-electron chi connectivity index (χ3n) is 5.28. The molecule has 10 heteroatoms. The minimum absolute atomic E-state index is 0.190. The van der Waals surface area contributed by atoms with Gasteiger partial charge in [-0.25, -0.2) is 9.59 Å². The van der Waals surface area contributed by atoms with E-state index < -0.39 is 58.1 Å². The summed E-state index contributed by atoms with van der Waals surface area (Å²) in [6, 6.07) is -0.673. The van der Waals surface area contributed by atoms with Crippen LogP contribution in [0.25, 0.3) is 21.5 Å². The number of aliphatic carboxylic acids is 2. The lowest BCUT2D eigenvalue weighted by atomic mass is 10.0. The van der Waals surface area contributed by atoms with Gasteiger partial charge in [0.2, 0.25) is 0 Å². The van der Waals surface area contributed by atoms with E-state index in [1.165, 1.54) is 0 Å². The molecule has 0 bridgehead atoms. The van der Waals surface area contributed by atoms with Crippen molar-refractivity contribution >= 4 is 33.5 Å². The smallest absolute Gasteiger partial charge is 0.327 e. The van der Waals surface area contributed by atoms with Crippen molar-refractivity contribution in [3.63, 3.8) is 0 Å². The molecule has 0 aliphatic heterocycles. The summed E-state index contributed by atoms with van der Waals surface area (Å²) >= 11 is 0. The highest BCUT2D eigenvalue weighted by Gasteiger charge is 2.32. The fourth-order valence-corrected chi connectivity index (χ4v) is 3.90. The Morgan fingerprint density at radius 1 is 0.633 bits per heavy atom. The zero-order valence-corrected chi connectivity index (χ0v) is 16.7. The average molecular weight is 416 g/mol. The summed E-state index contributed by atoms with van der Waals surface area (Å²) in [4.78, 5) is 74.5. The molecule has 2 N–H and O–H groups in total. The van der Waals surface area contributed by atoms with Gasteiger partial charge in [0, 0.05) is 0 Å². The molecule has 2 atom stereocenters. The van der Waals surface area contributed by atoms with Gasteiger partial charge in [-0.05, 0) is 24.0 Å². The Morgan fingerprint density at radius 3 is 1.03 bits per heavy atom. The topological polar surface area (TPSA) is 153 Å². The van der Waals surface area contributed by atoms with Gasteiger partial charge in [0.15, 0.2) is 0 Å². The van der Waals surface area contributed by atoms with Gasteiger partial charge in [-0.2, -0.15) is 0 Å². The van der Waals surface area contributed by atoms with Gasteiger partial charge in [-0.15, -0.1) is 0 Å². The number of carboxylic acid groups (broad SMARTS) is 2. The second-order valence-corrected chi connectivity index (χ2v) is 7.96. The summed E-state index contributed by atoms with van der Waals surface area (Å²) in [5, 5.41) is 18.1. The Bertz CT molecular complexity index is 1220. The van der Waals surface area contributed by atoms with Gasteiger partial charge in [0.1, 0.15) is 12.1 Å². The fraction of sp³-hybridized carbons (Fsp3) is 0.400. The van der Waals surface area contributed by atoms with E-state index >= 15 is 0 Å². The van der Waals surface area contributed by atoms with Gasteiger partial charge in [0.05, 0.1) is 21.5 Å². The molecule has 3 aromatic rings. The highest BCUT2D eigenvalue weighted by molar-refractivity contribution is 5.98. The number of hydrogen-bond donors (Lipinski definition) is 2. The molecule has 0 aliphatic carbocycles. The summed E-state index contributed by atoms with van der Waals surface area (Å²) in [5.41, 5.74) is -3.51. The van der Waals surface area contributed by atoms with Gasteiger partial charge < -0.3 is 10.2 Å². The number of hydrogen-bond acceptors (Lipinski definition) is 6. The molecule has 10 nitrogen and oxygen atoms in total. The molecule has 158 valence electrons. The zero-order valence-electron chi connectivity index (χ0n) is 16.7. The summed E-state index contributed by atoms with van der Waals surface area (Å²) in [6.45, 7) is 6.19. The predicted molar refractivity (Wildman–Crippen MR) is 108 cm³/mol. The largest absolute Gasteiger partial charge is 0.480 e. The second-order valence-electron chi connectivity index (χ2n) is 7.96. The van der Waals surface area contributed by atoms with E-state index in [4.69, 9.17) is 0 Å². The molecule has 0 saturated carbocycles. The van der Waals surface area contributed by atoms with Crippen LogP contribution >= 0.6 is 0 Å². The third-order valence-corrected chi connectivity index (χ3v) is 5.28. The molecule has 1 aromatic carbocycles. The first-order valence-electron chi connectivity index (χ1n) is 9.29. The maximum Gasteiger partial charge on any atom is 0.327 e. The van der Waals surface area contributed by atoms with Gasteiger partial charge in [0.25, 0.3) is 22.2 Å². The molecule has 0 aliphatic rings. The monoisotopic (exact) mass is 416 g/mol. The minimum atomic E-state index is -1.41. The van der Waals surface area contributed by atoms with Crippen molar-refractivity contribution in [1.82, 2.24) is 9.13 Å². The van der Waals surface area contributed by atoms with Crippen LogP contribution < -0.4 is 22.2 Å². The average Bonchev–Trinajstić information content (AvgIpc) is 3.00. The van der Waals surface area contributed by atoms with Crippen molar-refractivity contribution in [3.8, 4) is 0 Å². The van der Waals surface area contributed by atoms with Crippen LogP contribution in [0.2, 0.25) is 0 Å². The number of rotatable bonds is 6. The molecular formula is C20H20N2O8. The van der Waals surface area contributed by atoms with Crippen molar-refractivity contribution in [3.05, 3.63) is 53.5 Å². The van der Waals surface area contributed by atoms with E-state index in [9.17, 15) is 39.0 Å². The molecular weight excluding hydrogens is 396 g/mol. The number of fused-ring (bicyclic) bond motifs is 2. The van der Waals surface area contributed by atoms with Crippen LogP contribution in [-0.2, 0) is 9.59 Å². The number of carboxylic acids is 2. The van der Waals surface area contributed by atoms with Crippen LogP contribution in [0.4, 0.5) is 0 Å². The van der Waals surface area contributed by atoms with Gasteiger partial charge in [-0.1, -0.05) is 27.7 Å². The normalized spacial score (nSPS) is 14.1. The molecule has 0 amide bonds. The second kappa shape index (κ2) is 7.05. The van der Waals surface area contributed by atoms with E-state index in [2.05, 4.69) is 0 Å². The Morgan fingerprint density at radius 2 is 0.867 bits per heavy atom. The van der Waals surface area contributed by atoms with E-state index in [1.54, 1.807) is 27.7 Å². The molecule has 30 heavy (non-hydrogen) atoms. The van der Waals surface area contributed by atoms with E-state index in [0.717, 1.165) is 12.1 Å². The van der Waals surface area contributed by atoms with Crippen LogP contribution in [0.15, 0.2) is 31.3 Å². The number of carbonyl (C=O) groups is 2. The van der Waals surface area contributed by atoms with E-state index in [-0.39, 0.29) is 21.5 Å².